The monoisotopic (exact) mass is 379 g/mol. The minimum atomic E-state index is -0.896. The molecular weight excluding hydrogens is 358 g/mol. The van der Waals surface area contributed by atoms with E-state index in [9.17, 15) is 14.7 Å². The van der Waals surface area contributed by atoms with Crippen molar-refractivity contribution in [2.24, 2.45) is 0 Å². The SMILES string of the molecule is COc1ccc(NC(=O)c2c(O)c3ccccc3oc2=O)cc1CC=C(C)C. The smallest absolute Gasteiger partial charge is 0.353 e. The first kappa shape index (κ1) is 19.2. The maximum Gasteiger partial charge on any atom is 0.353 e. The largest absolute Gasteiger partial charge is 0.506 e. The van der Waals surface area contributed by atoms with Crippen LogP contribution in [0.1, 0.15) is 29.8 Å². The Morgan fingerprint density at radius 3 is 2.68 bits per heavy atom. The molecule has 6 nitrogen and oxygen atoms in total. The number of aromatic hydroxyl groups is 1. The molecule has 0 unspecified atom stereocenters. The number of carbonyl (C=O) groups is 1. The second-order valence-corrected chi connectivity index (χ2v) is 6.58. The first-order chi connectivity index (χ1) is 13.4. The van der Waals surface area contributed by atoms with E-state index in [4.69, 9.17) is 9.15 Å². The highest BCUT2D eigenvalue weighted by Gasteiger charge is 2.21. The number of nitrogens with one attached hydrogen (secondary N) is 1. The molecule has 0 aliphatic rings. The number of para-hydroxylation sites is 1. The van der Waals surface area contributed by atoms with Gasteiger partial charge in [0, 0.05) is 5.69 Å². The number of hydrogen-bond donors (Lipinski definition) is 2. The zero-order chi connectivity index (χ0) is 20.3. The Bertz CT molecular complexity index is 1120. The van der Waals surface area contributed by atoms with Gasteiger partial charge in [0.05, 0.1) is 12.5 Å². The highest BCUT2D eigenvalue weighted by atomic mass is 16.5. The van der Waals surface area contributed by atoms with Crippen molar-refractivity contribution in [1.29, 1.82) is 0 Å². The van der Waals surface area contributed by atoms with Gasteiger partial charge >= 0.3 is 5.63 Å². The molecule has 2 N–H and O–H groups in total. The van der Waals surface area contributed by atoms with Crippen LogP contribution >= 0.6 is 0 Å². The third-order valence-electron chi connectivity index (χ3n) is 4.28. The maximum absolute atomic E-state index is 12.7. The molecule has 144 valence electrons. The van der Waals surface area contributed by atoms with E-state index in [-0.39, 0.29) is 5.58 Å². The molecule has 3 rings (SSSR count). The van der Waals surface area contributed by atoms with Crippen molar-refractivity contribution in [3.63, 3.8) is 0 Å². The van der Waals surface area contributed by atoms with E-state index in [2.05, 4.69) is 5.32 Å². The lowest BCUT2D eigenvalue weighted by molar-refractivity contribution is 0.102. The van der Waals surface area contributed by atoms with Gasteiger partial charge in [-0.3, -0.25) is 4.79 Å². The van der Waals surface area contributed by atoms with Gasteiger partial charge in [0.15, 0.2) is 5.56 Å². The maximum atomic E-state index is 12.7. The average Bonchev–Trinajstić information content (AvgIpc) is 2.66. The van der Waals surface area contributed by atoms with Gasteiger partial charge in [0.1, 0.15) is 17.1 Å². The molecule has 3 aromatic rings. The van der Waals surface area contributed by atoms with Gasteiger partial charge in [0.2, 0.25) is 0 Å². The number of anilines is 1. The van der Waals surface area contributed by atoms with Crippen LogP contribution in [0.4, 0.5) is 5.69 Å². The van der Waals surface area contributed by atoms with Crippen molar-refractivity contribution in [2.45, 2.75) is 20.3 Å². The summed E-state index contributed by atoms with van der Waals surface area (Å²) in [6, 6.07) is 11.7. The fourth-order valence-corrected chi connectivity index (χ4v) is 2.86. The summed E-state index contributed by atoms with van der Waals surface area (Å²) in [5, 5.41) is 13.4. The summed E-state index contributed by atoms with van der Waals surface area (Å²) in [5.74, 6) is -0.443. The van der Waals surface area contributed by atoms with Crippen LogP contribution in [-0.4, -0.2) is 18.1 Å². The number of fused-ring (bicyclic) bond motifs is 1. The van der Waals surface area contributed by atoms with Crippen molar-refractivity contribution >= 4 is 22.6 Å². The van der Waals surface area contributed by atoms with Gasteiger partial charge in [-0.2, -0.15) is 0 Å². The molecule has 1 heterocycles. The number of allylic oxidation sites excluding steroid dienone is 2. The van der Waals surface area contributed by atoms with Crippen LogP contribution in [0.15, 0.2) is 63.3 Å². The Hall–Kier alpha value is -3.54. The fourth-order valence-electron chi connectivity index (χ4n) is 2.86. The summed E-state index contributed by atoms with van der Waals surface area (Å²) < 4.78 is 10.5. The summed E-state index contributed by atoms with van der Waals surface area (Å²) in [7, 11) is 1.58. The molecule has 0 aliphatic heterocycles. The molecule has 0 bridgehead atoms. The molecule has 0 saturated carbocycles. The Morgan fingerprint density at radius 1 is 1.21 bits per heavy atom. The van der Waals surface area contributed by atoms with Crippen LogP contribution in [0, 0.1) is 0 Å². The molecule has 0 fully saturated rings. The van der Waals surface area contributed by atoms with Crippen molar-refractivity contribution in [2.75, 3.05) is 12.4 Å². The second-order valence-electron chi connectivity index (χ2n) is 6.58. The van der Waals surface area contributed by atoms with Crippen LogP contribution in [0.2, 0.25) is 0 Å². The van der Waals surface area contributed by atoms with E-state index < -0.39 is 22.8 Å². The van der Waals surface area contributed by atoms with Gasteiger partial charge in [-0.05, 0) is 56.2 Å². The van der Waals surface area contributed by atoms with E-state index >= 15 is 0 Å². The number of amides is 1. The lowest BCUT2D eigenvalue weighted by atomic mass is 10.1. The fraction of sp³-hybridized carbons (Fsp3) is 0.182. The van der Waals surface area contributed by atoms with Crippen molar-refractivity contribution in [3.8, 4) is 11.5 Å². The number of ether oxygens (including phenoxy) is 1. The van der Waals surface area contributed by atoms with E-state index in [1.165, 1.54) is 0 Å². The Labute approximate surface area is 162 Å². The van der Waals surface area contributed by atoms with Crippen LogP contribution in [0.3, 0.4) is 0 Å². The molecule has 0 spiro atoms. The molecule has 2 aromatic carbocycles. The topological polar surface area (TPSA) is 88.8 Å². The standard InChI is InChI=1S/C22H21NO5/c1-13(2)8-9-14-12-15(10-11-17(14)27-3)23-21(25)19-20(24)16-6-4-5-7-18(16)28-22(19)26/h4-8,10-12,24H,9H2,1-3H3,(H,23,25). The van der Waals surface area contributed by atoms with Crippen molar-refractivity contribution < 1.29 is 19.1 Å². The number of benzene rings is 2. The van der Waals surface area contributed by atoms with Gasteiger partial charge in [-0.15, -0.1) is 0 Å². The molecular formula is C22H21NO5. The van der Waals surface area contributed by atoms with Crippen molar-refractivity contribution in [1.82, 2.24) is 0 Å². The first-order valence-corrected chi connectivity index (χ1v) is 8.77. The molecule has 0 atom stereocenters. The third-order valence-corrected chi connectivity index (χ3v) is 4.28. The van der Waals surface area contributed by atoms with Crippen molar-refractivity contribution in [3.05, 3.63) is 75.7 Å². The van der Waals surface area contributed by atoms with E-state index in [1.54, 1.807) is 49.6 Å². The zero-order valence-corrected chi connectivity index (χ0v) is 15.9. The normalized spacial score (nSPS) is 10.5. The van der Waals surface area contributed by atoms with Gasteiger partial charge in [-0.25, -0.2) is 4.79 Å². The van der Waals surface area contributed by atoms with Crippen LogP contribution < -0.4 is 15.7 Å². The summed E-state index contributed by atoms with van der Waals surface area (Å²) in [6.45, 7) is 4.00. The Morgan fingerprint density at radius 2 is 1.96 bits per heavy atom. The molecule has 6 heteroatoms. The average molecular weight is 379 g/mol. The zero-order valence-electron chi connectivity index (χ0n) is 15.9. The van der Waals surface area contributed by atoms with Crippen LogP contribution in [0.5, 0.6) is 11.5 Å². The Kier molecular flexibility index (Phi) is 5.49. The van der Waals surface area contributed by atoms with E-state index in [0.717, 1.165) is 11.1 Å². The Balaban J connectivity index is 1.95. The number of rotatable bonds is 5. The molecule has 0 saturated heterocycles. The van der Waals surface area contributed by atoms with E-state index in [1.807, 2.05) is 19.9 Å². The van der Waals surface area contributed by atoms with Gasteiger partial charge < -0.3 is 19.6 Å². The lowest BCUT2D eigenvalue weighted by Crippen LogP contribution is -2.21. The molecule has 0 aliphatic carbocycles. The van der Waals surface area contributed by atoms with Gasteiger partial charge in [0.25, 0.3) is 5.91 Å². The molecule has 28 heavy (non-hydrogen) atoms. The molecule has 1 aromatic heterocycles. The first-order valence-electron chi connectivity index (χ1n) is 8.77. The lowest BCUT2D eigenvalue weighted by Gasteiger charge is -2.11. The number of carbonyl (C=O) groups excluding carboxylic acids is 1. The quantitative estimate of drug-likeness (QED) is 0.510. The van der Waals surface area contributed by atoms with Gasteiger partial charge in [-0.1, -0.05) is 23.8 Å². The predicted molar refractivity (Wildman–Crippen MR) is 108 cm³/mol. The summed E-state index contributed by atoms with van der Waals surface area (Å²) in [6.07, 6.45) is 2.69. The summed E-state index contributed by atoms with van der Waals surface area (Å²) in [5.41, 5.74) is 1.42. The minimum Gasteiger partial charge on any atom is -0.506 e. The van der Waals surface area contributed by atoms with E-state index in [0.29, 0.717) is 23.2 Å². The number of methoxy groups -OCH3 is 1. The molecule has 1 amide bonds. The summed E-state index contributed by atoms with van der Waals surface area (Å²) >= 11 is 0. The van der Waals surface area contributed by atoms with Crippen LogP contribution in [-0.2, 0) is 6.42 Å². The highest BCUT2D eigenvalue weighted by Crippen LogP contribution is 2.28. The second kappa shape index (κ2) is 8.00. The number of hydrogen-bond acceptors (Lipinski definition) is 5. The molecule has 0 radical (unpaired) electrons. The minimum absolute atomic E-state index is 0.218. The predicted octanol–water partition coefficient (Wildman–Crippen LogP) is 4.27. The highest BCUT2D eigenvalue weighted by molar-refractivity contribution is 6.08. The summed E-state index contributed by atoms with van der Waals surface area (Å²) in [4.78, 5) is 24.9. The van der Waals surface area contributed by atoms with Crippen LogP contribution in [0.25, 0.3) is 11.0 Å². The third kappa shape index (κ3) is 3.91.